The molecule has 0 fully saturated rings. The van der Waals surface area contributed by atoms with Crippen molar-refractivity contribution >= 4 is 5.69 Å². The number of nitrogens with zero attached hydrogens (tertiary/aromatic N) is 2. The summed E-state index contributed by atoms with van der Waals surface area (Å²) in [6.07, 6.45) is -22.3. The zero-order valence-electron chi connectivity index (χ0n) is 17.7. The number of aryl methyl sites for hydroxylation is 1. The summed E-state index contributed by atoms with van der Waals surface area (Å²) in [5.41, 5.74) is -6.02. The number of nitrogen functional groups attached to an aromatic ring is 1. The van der Waals surface area contributed by atoms with Crippen molar-refractivity contribution in [2.45, 2.75) is 38.2 Å². The highest BCUT2D eigenvalue weighted by Gasteiger charge is 2.48. The molecular weight excluding hydrogens is 522 g/mol. The molecule has 3 rings (SSSR count). The minimum absolute atomic E-state index is 0.00463. The van der Waals surface area contributed by atoms with E-state index in [-0.39, 0.29) is 28.1 Å². The van der Waals surface area contributed by atoms with E-state index in [9.17, 15) is 52.7 Å². The van der Waals surface area contributed by atoms with Crippen LogP contribution in [0, 0.1) is 6.92 Å². The number of benzene rings is 2. The van der Waals surface area contributed by atoms with Crippen molar-refractivity contribution in [3.8, 4) is 11.1 Å². The highest BCUT2D eigenvalue weighted by molar-refractivity contribution is 5.72. The van der Waals surface area contributed by atoms with E-state index in [1.54, 1.807) is 0 Å². The standard InChI is InChI=1S/C21H13F12N3/c1-9-4-10(2-3-14(9)34)8-36-17(21(31,32)33)15(16(35-36)20(28,29)30)11-5-12(18(22,23)24)7-13(6-11)19(25,26)27/h2-7H,8,34H2,1H3. The fraction of sp³-hybridized carbons (Fsp3) is 0.286. The maximum Gasteiger partial charge on any atom is 0.435 e. The molecule has 2 aromatic carbocycles. The fourth-order valence-electron chi connectivity index (χ4n) is 3.44. The molecule has 36 heavy (non-hydrogen) atoms. The average molecular weight is 535 g/mol. The van der Waals surface area contributed by atoms with Crippen molar-refractivity contribution in [3.05, 3.63) is 70.0 Å². The van der Waals surface area contributed by atoms with E-state index < -0.39 is 71.0 Å². The van der Waals surface area contributed by atoms with Crippen LogP contribution in [0.1, 0.15) is 33.6 Å². The summed E-state index contributed by atoms with van der Waals surface area (Å²) in [6, 6.07) is 2.85. The minimum atomic E-state index is -5.66. The van der Waals surface area contributed by atoms with E-state index in [2.05, 4.69) is 5.10 Å². The van der Waals surface area contributed by atoms with Crippen molar-refractivity contribution in [2.24, 2.45) is 0 Å². The van der Waals surface area contributed by atoms with Crippen LogP contribution in [-0.4, -0.2) is 9.78 Å². The third-order valence-corrected chi connectivity index (χ3v) is 5.03. The molecule has 196 valence electrons. The van der Waals surface area contributed by atoms with Gasteiger partial charge < -0.3 is 5.73 Å². The van der Waals surface area contributed by atoms with E-state index >= 15 is 0 Å². The second kappa shape index (κ2) is 8.62. The van der Waals surface area contributed by atoms with Gasteiger partial charge >= 0.3 is 24.7 Å². The van der Waals surface area contributed by atoms with Crippen molar-refractivity contribution < 1.29 is 52.7 Å². The smallest absolute Gasteiger partial charge is 0.399 e. The van der Waals surface area contributed by atoms with Crippen LogP contribution in [0.3, 0.4) is 0 Å². The molecule has 0 saturated carbocycles. The monoisotopic (exact) mass is 535 g/mol. The molecule has 1 aromatic heterocycles. The highest BCUT2D eigenvalue weighted by atomic mass is 19.4. The van der Waals surface area contributed by atoms with Crippen LogP contribution in [0.5, 0.6) is 0 Å². The summed E-state index contributed by atoms with van der Waals surface area (Å²) in [6.45, 7) is 0.518. The van der Waals surface area contributed by atoms with Gasteiger partial charge in [-0.3, -0.25) is 4.68 Å². The largest absolute Gasteiger partial charge is 0.435 e. The summed E-state index contributed by atoms with van der Waals surface area (Å²) in [5.74, 6) is 0. The highest BCUT2D eigenvalue weighted by Crippen LogP contribution is 2.47. The Kier molecular flexibility index (Phi) is 6.51. The van der Waals surface area contributed by atoms with Gasteiger partial charge in [0, 0.05) is 11.3 Å². The van der Waals surface area contributed by atoms with Crippen LogP contribution in [0.2, 0.25) is 0 Å². The lowest BCUT2D eigenvalue weighted by molar-refractivity contribution is -0.144. The SMILES string of the molecule is Cc1cc(Cn2nc(C(F)(F)F)c(-c3cc(C(F)(F)F)cc(C(F)(F)F)c3)c2C(F)(F)F)ccc1N. The Morgan fingerprint density at radius 2 is 1.25 bits per heavy atom. The van der Waals surface area contributed by atoms with Crippen LogP contribution in [0.15, 0.2) is 36.4 Å². The second-order valence-electron chi connectivity index (χ2n) is 7.71. The Bertz CT molecular complexity index is 1250. The first-order valence-electron chi connectivity index (χ1n) is 9.59. The molecule has 0 aliphatic heterocycles. The van der Waals surface area contributed by atoms with E-state index in [0.717, 1.165) is 0 Å². The van der Waals surface area contributed by atoms with Crippen LogP contribution >= 0.6 is 0 Å². The molecule has 0 radical (unpaired) electrons. The molecular formula is C21H13F12N3. The van der Waals surface area contributed by atoms with Gasteiger partial charge in [-0.1, -0.05) is 12.1 Å². The van der Waals surface area contributed by atoms with Gasteiger partial charge in [0.1, 0.15) is 0 Å². The van der Waals surface area contributed by atoms with E-state index in [1.807, 2.05) is 0 Å². The Hall–Kier alpha value is -3.39. The lowest BCUT2D eigenvalue weighted by Crippen LogP contribution is -2.17. The molecule has 15 heteroatoms. The quantitative estimate of drug-likeness (QED) is 0.278. The zero-order chi connectivity index (χ0) is 27.4. The predicted octanol–water partition coefficient (Wildman–Crippen LogP) is 7.56. The first-order chi connectivity index (χ1) is 16.2. The number of halogens is 12. The number of alkyl halides is 12. The molecule has 0 aliphatic rings. The maximum absolute atomic E-state index is 14.0. The van der Waals surface area contributed by atoms with Gasteiger partial charge in [0.05, 0.1) is 17.7 Å². The third kappa shape index (κ3) is 5.54. The zero-order valence-corrected chi connectivity index (χ0v) is 17.7. The van der Waals surface area contributed by atoms with E-state index in [1.165, 1.54) is 25.1 Å². The summed E-state index contributed by atoms with van der Waals surface area (Å²) in [7, 11) is 0. The lowest BCUT2D eigenvalue weighted by atomic mass is 9.96. The predicted molar refractivity (Wildman–Crippen MR) is 102 cm³/mol. The van der Waals surface area contributed by atoms with Crippen molar-refractivity contribution in [3.63, 3.8) is 0 Å². The molecule has 2 N–H and O–H groups in total. The lowest BCUT2D eigenvalue weighted by Gasteiger charge is -2.17. The molecule has 0 bridgehead atoms. The molecule has 0 saturated heterocycles. The summed E-state index contributed by atoms with van der Waals surface area (Å²) in [5, 5.41) is 2.93. The Morgan fingerprint density at radius 1 is 0.722 bits per heavy atom. The molecule has 1 heterocycles. The summed E-state index contributed by atoms with van der Waals surface area (Å²) in [4.78, 5) is 0. The Morgan fingerprint density at radius 3 is 1.67 bits per heavy atom. The van der Waals surface area contributed by atoms with Crippen LogP contribution in [0.4, 0.5) is 58.4 Å². The van der Waals surface area contributed by atoms with Gasteiger partial charge in [0.2, 0.25) is 0 Å². The van der Waals surface area contributed by atoms with E-state index in [0.29, 0.717) is 5.56 Å². The van der Waals surface area contributed by atoms with Gasteiger partial charge in [-0.05, 0) is 47.9 Å². The molecule has 3 aromatic rings. The normalized spacial score (nSPS) is 13.4. The topological polar surface area (TPSA) is 43.8 Å². The molecule has 3 nitrogen and oxygen atoms in total. The molecule has 0 aliphatic carbocycles. The first-order valence-corrected chi connectivity index (χ1v) is 9.59. The van der Waals surface area contributed by atoms with Gasteiger partial charge in [-0.25, -0.2) is 0 Å². The molecule has 0 unspecified atom stereocenters. The van der Waals surface area contributed by atoms with Crippen molar-refractivity contribution in [1.29, 1.82) is 0 Å². The van der Waals surface area contributed by atoms with Gasteiger partial charge in [-0.15, -0.1) is 0 Å². The van der Waals surface area contributed by atoms with Crippen LogP contribution in [-0.2, 0) is 31.2 Å². The number of hydrogen-bond acceptors (Lipinski definition) is 2. The number of nitrogens with two attached hydrogens (primary N) is 1. The third-order valence-electron chi connectivity index (χ3n) is 5.03. The van der Waals surface area contributed by atoms with Crippen LogP contribution < -0.4 is 5.73 Å². The summed E-state index contributed by atoms with van der Waals surface area (Å²) < 4.78 is 163. The molecule has 0 atom stereocenters. The molecule has 0 spiro atoms. The van der Waals surface area contributed by atoms with Gasteiger partial charge in [0.15, 0.2) is 11.4 Å². The van der Waals surface area contributed by atoms with E-state index in [4.69, 9.17) is 5.73 Å². The number of hydrogen-bond donors (Lipinski definition) is 1. The van der Waals surface area contributed by atoms with Crippen LogP contribution in [0.25, 0.3) is 11.1 Å². The fourth-order valence-corrected chi connectivity index (χ4v) is 3.44. The number of rotatable bonds is 3. The minimum Gasteiger partial charge on any atom is -0.399 e. The Labute approximate surface area is 194 Å². The number of aromatic nitrogens is 2. The maximum atomic E-state index is 14.0. The second-order valence-corrected chi connectivity index (χ2v) is 7.71. The first kappa shape index (κ1) is 27.2. The summed E-state index contributed by atoms with van der Waals surface area (Å²) >= 11 is 0. The van der Waals surface area contributed by atoms with Crippen molar-refractivity contribution in [1.82, 2.24) is 9.78 Å². The molecule has 0 amide bonds. The van der Waals surface area contributed by atoms with Gasteiger partial charge in [0.25, 0.3) is 0 Å². The Balaban J connectivity index is 2.40. The average Bonchev–Trinajstić information content (AvgIpc) is 3.09. The van der Waals surface area contributed by atoms with Gasteiger partial charge in [-0.2, -0.15) is 57.8 Å². The van der Waals surface area contributed by atoms with Crippen molar-refractivity contribution in [2.75, 3.05) is 5.73 Å². The number of anilines is 1.